The van der Waals surface area contributed by atoms with Crippen molar-refractivity contribution < 1.29 is 13.2 Å². The van der Waals surface area contributed by atoms with Crippen LogP contribution in [0.25, 0.3) is 0 Å². The first kappa shape index (κ1) is 14.2. The van der Waals surface area contributed by atoms with Crippen LogP contribution in [0.4, 0.5) is 18.9 Å². The van der Waals surface area contributed by atoms with E-state index < -0.39 is 11.9 Å². The Morgan fingerprint density at radius 3 is 2.63 bits per heavy atom. The first-order valence-electron chi connectivity index (χ1n) is 5.85. The van der Waals surface area contributed by atoms with Crippen LogP contribution in [0.5, 0.6) is 0 Å². The molecule has 19 heavy (non-hydrogen) atoms. The number of rotatable bonds is 2. The smallest absolute Gasteiger partial charge is 0.334 e. The number of anilines is 1. The van der Waals surface area contributed by atoms with Gasteiger partial charge in [-0.1, -0.05) is 18.7 Å². The lowest BCUT2D eigenvalue weighted by Crippen LogP contribution is -2.20. The topological polar surface area (TPSA) is 37.3 Å². The Kier molecular flexibility index (Phi) is 3.75. The number of pyridine rings is 1. The van der Waals surface area contributed by atoms with Gasteiger partial charge in [0.1, 0.15) is 5.69 Å². The van der Waals surface area contributed by atoms with Gasteiger partial charge >= 0.3 is 6.18 Å². The minimum Gasteiger partial charge on any atom is -0.334 e. The highest BCUT2D eigenvalue weighted by molar-refractivity contribution is 8.14. The van der Waals surface area contributed by atoms with Crippen molar-refractivity contribution in [2.45, 2.75) is 32.0 Å². The summed E-state index contributed by atoms with van der Waals surface area (Å²) >= 11 is 1.57. The van der Waals surface area contributed by atoms with Crippen LogP contribution in [0.15, 0.2) is 23.3 Å². The minimum absolute atomic E-state index is 0.0909. The number of aliphatic imine (C=N–C) groups is 1. The highest BCUT2D eigenvalue weighted by Crippen LogP contribution is 2.31. The van der Waals surface area contributed by atoms with Gasteiger partial charge in [0.15, 0.2) is 5.17 Å². The summed E-state index contributed by atoms with van der Waals surface area (Å²) < 4.78 is 37.1. The molecule has 104 valence electrons. The van der Waals surface area contributed by atoms with Crippen molar-refractivity contribution in [3.05, 3.63) is 24.0 Å². The monoisotopic (exact) mass is 289 g/mol. The molecule has 1 atom stereocenters. The van der Waals surface area contributed by atoms with Crippen LogP contribution >= 0.6 is 11.8 Å². The van der Waals surface area contributed by atoms with E-state index in [1.165, 1.54) is 12.3 Å². The fourth-order valence-electron chi connectivity index (χ4n) is 1.54. The van der Waals surface area contributed by atoms with Crippen molar-refractivity contribution in [2.75, 3.05) is 11.1 Å². The molecule has 0 radical (unpaired) electrons. The number of hydrogen-bond acceptors (Lipinski definition) is 4. The van der Waals surface area contributed by atoms with Crippen LogP contribution in [0.2, 0.25) is 0 Å². The molecule has 0 aromatic carbocycles. The van der Waals surface area contributed by atoms with E-state index in [1.54, 1.807) is 11.8 Å². The fourth-order valence-corrected chi connectivity index (χ4v) is 2.73. The summed E-state index contributed by atoms with van der Waals surface area (Å²) in [7, 11) is 0. The number of thioether (sulfide) groups is 1. The minimum atomic E-state index is -4.40. The molecule has 1 aliphatic heterocycles. The normalized spacial score (nSPS) is 23.3. The number of aromatic nitrogens is 1. The molecule has 1 aliphatic rings. The summed E-state index contributed by atoms with van der Waals surface area (Å²) in [4.78, 5) is 7.92. The van der Waals surface area contributed by atoms with E-state index in [1.807, 2.05) is 0 Å². The molecular weight excluding hydrogens is 275 g/mol. The average Bonchev–Trinajstić information content (AvgIpc) is 2.71. The zero-order valence-electron chi connectivity index (χ0n) is 10.6. The van der Waals surface area contributed by atoms with Gasteiger partial charge in [0.05, 0.1) is 17.4 Å². The summed E-state index contributed by atoms with van der Waals surface area (Å²) in [5.74, 6) is 0.875. The lowest BCUT2D eigenvalue weighted by molar-refractivity contribution is -0.141. The van der Waals surface area contributed by atoms with Crippen LogP contribution < -0.4 is 5.32 Å². The summed E-state index contributed by atoms with van der Waals surface area (Å²) in [5.41, 5.74) is -0.469. The third-order valence-corrected chi connectivity index (χ3v) is 4.19. The van der Waals surface area contributed by atoms with Crippen molar-refractivity contribution in [1.29, 1.82) is 0 Å². The summed E-state index contributed by atoms with van der Waals surface area (Å²) in [5, 5.41) is 3.72. The van der Waals surface area contributed by atoms with Gasteiger partial charge in [-0.25, -0.2) is 4.98 Å². The molecule has 0 saturated carbocycles. The van der Waals surface area contributed by atoms with Gasteiger partial charge in [-0.15, -0.1) is 0 Å². The first-order valence-corrected chi connectivity index (χ1v) is 6.84. The van der Waals surface area contributed by atoms with Crippen molar-refractivity contribution in [1.82, 2.24) is 4.98 Å². The molecule has 1 N–H and O–H groups in total. The van der Waals surface area contributed by atoms with Crippen LogP contribution in [-0.2, 0) is 6.18 Å². The van der Waals surface area contributed by atoms with E-state index in [0.717, 1.165) is 23.4 Å². The number of hydrogen-bond donors (Lipinski definition) is 1. The second kappa shape index (κ2) is 5.03. The van der Waals surface area contributed by atoms with Crippen molar-refractivity contribution in [2.24, 2.45) is 4.99 Å². The molecule has 7 heteroatoms. The van der Waals surface area contributed by atoms with Gasteiger partial charge in [0, 0.05) is 5.75 Å². The Morgan fingerprint density at radius 2 is 2.16 bits per heavy atom. The SMILES string of the molecule is CCC1(C)CSC(Nc2ccc(C(F)(F)F)nc2)=N1. The Hall–Kier alpha value is -1.24. The van der Waals surface area contributed by atoms with Gasteiger partial charge in [0.2, 0.25) is 0 Å². The largest absolute Gasteiger partial charge is 0.433 e. The number of alkyl halides is 3. The maximum Gasteiger partial charge on any atom is 0.433 e. The lowest BCUT2D eigenvalue weighted by Gasteiger charge is -2.15. The van der Waals surface area contributed by atoms with Gasteiger partial charge < -0.3 is 5.32 Å². The molecule has 0 spiro atoms. The van der Waals surface area contributed by atoms with Gasteiger partial charge in [-0.3, -0.25) is 4.99 Å². The summed E-state index contributed by atoms with van der Waals surface area (Å²) in [6, 6.07) is 2.32. The first-order chi connectivity index (χ1) is 8.82. The van der Waals surface area contributed by atoms with E-state index >= 15 is 0 Å². The Labute approximate surface area is 113 Å². The molecule has 0 aliphatic carbocycles. The quantitative estimate of drug-likeness (QED) is 0.900. The second-order valence-electron chi connectivity index (χ2n) is 4.61. The van der Waals surface area contributed by atoms with E-state index in [4.69, 9.17) is 0 Å². The summed E-state index contributed by atoms with van der Waals surface area (Å²) in [6.07, 6.45) is -2.30. The molecule has 1 unspecified atom stereocenters. The zero-order valence-corrected chi connectivity index (χ0v) is 11.4. The number of nitrogens with zero attached hydrogens (tertiary/aromatic N) is 2. The van der Waals surface area contributed by atoms with E-state index in [0.29, 0.717) is 5.69 Å². The number of amidine groups is 1. The number of nitrogens with one attached hydrogen (secondary N) is 1. The molecule has 2 rings (SSSR count). The van der Waals surface area contributed by atoms with Crippen LogP contribution in [-0.4, -0.2) is 21.4 Å². The highest BCUT2D eigenvalue weighted by Gasteiger charge is 2.32. The van der Waals surface area contributed by atoms with Gasteiger partial charge in [-0.05, 0) is 25.5 Å². The van der Waals surface area contributed by atoms with Crippen molar-refractivity contribution in [3.63, 3.8) is 0 Å². The molecule has 1 aromatic heterocycles. The zero-order chi connectivity index (χ0) is 14.1. The molecule has 0 saturated heterocycles. The molecule has 2 heterocycles. The maximum atomic E-state index is 12.4. The van der Waals surface area contributed by atoms with Gasteiger partial charge in [0.25, 0.3) is 0 Å². The molecule has 0 fully saturated rings. The van der Waals surface area contributed by atoms with Crippen molar-refractivity contribution in [3.8, 4) is 0 Å². The Balaban J connectivity index is 2.07. The third-order valence-electron chi connectivity index (χ3n) is 2.96. The highest BCUT2D eigenvalue weighted by atomic mass is 32.2. The maximum absolute atomic E-state index is 12.4. The molecule has 0 bridgehead atoms. The third kappa shape index (κ3) is 3.40. The summed E-state index contributed by atoms with van der Waals surface area (Å²) in [6.45, 7) is 4.12. The van der Waals surface area contributed by atoms with E-state index in [9.17, 15) is 13.2 Å². The van der Waals surface area contributed by atoms with Gasteiger partial charge in [-0.2, -0.15) is 13.2 Å². The van der Waals surface area contributed by atoms with E-state index in [-0.39, 0.29) is 5.54 Å². The van der Waals surface area contributed by atoms with E-state index in [2.05, 4.69) is 29.1 Å². The standard InChI is InChI=1S/C12H14F3N3S/c1-3-11(2)7-19-10(18-11)17-8-4-5-9(16-6-8)12(13,14)15/h4-6H,3,7H2,1-2H3,(H,17,18). The molecule has 1 aromatic rings. The Morgan fingerprint density at radius 1 is 1.42 bits per heavy atom. The molecule has 0 amide bonds. The second-order valence-corrected chi connectivity index (χ2v) is 5.58. The van der Waals surface area contributed by atoms with Crippen LogP contribution in [0, 0.1) is 0 Å². The predicted molar refractivity (Wildman–Crippen MR) is 71.5 cm³/mol. The van der Waals surface area contributed by atoms with Crippen molar-refractivity contribution >= 4 is 22.6 Å². The molecule has 3 nitrogen and oxygen atoms in total. The molecular formula is C12H14F3N3S. The lowest BCUT2D eigenvalue weighted by atomic mass is 10.0. The van der Waals surface area contributed by atoms with Crippen LogP contribution in [0.3, 0.4) is 0 Å². The predicted octanol–water partition coefficient (Wildman–Crippen LogP) is 3.78. The number of halogens is 3. The Bertz CT molecular complexity index is 484. The average molecular weight is 289 g/mol. The van der Waals surface area contributed by atoms with Crippen LogP contribution in [0.1, 0.15) is 26.0 Å². The fraction of sp³-hybridized carbons (Fsp3) is 0.500.